The SMILES string of the molecule is CCC(=O)OCCCCCCCCOc1ccc(N=Nc2ccc(N=Nc3ccc(N(CC)CCOC(=O)CC)cc3)cc2)cc1. The molecule has 3 aromatic carbocycles. The Hall–Kier alpha value is -4.60. The summed E-state index contributed by atoms with van der Waals surface area (Å²) in [6.07, 6.45) is 7.27. The van der Waals surface area contributed by atoms with E-state index in [2.05, 4.69) is 32.3 Å². The number of anilines is 1. The van der Waals surface area contributed by atoms with Gasteiger partial charge in [0.05, 0.1) is 42.5 Å². The number of rotatable bonds is 21. The first-order valence-corrected chi connectivity index (χ1v) is 16.3. The molecule has 0 aliphatic rings. The highest BCUT2D eigenvalue weighted by atomic mass is 16.5. The van der Waals surface area contributed by atoms with Crippen molar-refractivity contribution in [3.8, 4) is 5.75 Å². The molecular formula is C36H47N5O5. The van der Waals surface area contributed by atoms with Gasteiger partial charge in [0.15, 0.2) is 0 Å². The molecule has 0 aliphatic carbocycles. The zero-order valence-corrected chi connectivity index (χ0v) is 27.4. The number of likely N-dealkylation sites (N-methyl/N-ethyl adjacent to an activating group) is 1. The lowest BCUT2D eigenvalue weighted by molar-refractivity contribution is -0.144. The highest BCUT2D eigenvalue weighted by Crippen LogP contribution is 2.26. The van der Waals surface area contributed by atoms with E-state index in [1.165, 1.54) is 0 Å². The van der Waals surface area contributed by atoms with Gasteiger partial charge in [0, 0.05) is 25.1 Å². The van der Waals surface area contributed by atoms with Crippen LogP contribution in [0.4, 0.5) is 28.4 Å². The summed E-state index contributed by atoms with van der Waals surface area (Å²) in [4.78, 5) is 24.6. The summed E-state index contributed by atoms with van der Waals surface area (Å²) in [7, 11) is 0. The second-order valence-electron chi connectivity index (χ2n) is 10.6. The number of azo groups is 2. The number of nitrogens with zero attached hydrogens (tertiary/aromatic N) is 5. The molecule has 0 unspecified atom stereocenters. The van der Waals surface area contributed by atoms with Gasteiger partial charge in [-0.15, -0.1) is 0 Å². The summed E-state index contributed by atoms with van der Waals surface area (Å²) >= 11 is 0. The Kier molecular flexibility index (Phi) is 16.5. The lowest BCUT2D eigenvalue weighted by Crippen LogP contribution is -2.27. The van der Waals surface area contributed by atoms with Gasteiger partial charge in [-0.3, -0.25) is 9.59 Å². The van der Waals surface area contributed by atoms with Crippen molar-refractivity contribution in [3.05, 3.63) is 72.8 Å². The fourth-order valence-corrected chi connectivity index (χ4v) is 4.39. The van der Waals surface area contributed by atoms with E-state index in [1.807, 2.05) is 79.7 Å². The topological polar surface area (TPSA) is 115 Å². The first-order valence-electron chi connectivity index (χ1n) is 16.3. The molecule has 0 saturated heterocycles. The zero-order chi connectivity index (χ0) is 32.8. The maximum atomic E-state index is 11.4. The van der Waals surface area contributed by atoms with Crippen LogP contribution in [0.25, 0.3) is 0 Å². The van der Waals surface area contributed by atoms with E-state index in [0.717, 1.165) is 73.6 Å². The van der Waals surface area contributed by atoms with Crippen LogP contribution < -0.4 is 9.64 Å². The van der Waals surface area contributed by atoms with Crippen molar-refractivity contribution in [3.63, 3.8) is 0 Å². The molecule has 46 heavy (non-hydrogen) atoms. The molecule has 0 spiro atoms. The molecule has 246 valence electrons. The number of esters is 2. The molecule has 0 aromatic heterocycles. The van der Waals surface area contributed by atoms with Gasteiger partial charge in [-0.1, -0.05) is 39.5 Å². The van der Waals surface area contributed by atoms with Crippen molar-refractivity contribution in [2.45, 2.75) is 72.1 Å². The van der Waals surface area contributed by atoms with Crippen LogP contribution in [-0.2, 0) is 19.1 Å². The second kappa shape index (κ2) is 21.2. The summed E-state index contributed by atoms with van der Waals surface area (Å²) in [6, 6.07) is 22.8. The molecule has 0 atom stereocenters. The van der Waals surface area contributed by atoms with Crippen molar-refractivity contribution >= 4 is 40.4 Å². The monoisotopic (exact) mass is 629 g/mol. The van der Waals surface area contributed by atoms with Crippen LogP contribution in [0.3, 0.4) is 0 Å². The van der Waals surface area contributed by atoms with Crippen LogP contribution in [0.5, 0.6) is 5.75 Å². The van der Waals surface area contributed by atoms with Gasteiger partial charge in [-0.05, 0) is 92.6 Å². The minimum absolute atomic E-state index is 0.121. The minimum atomic E-state index is -0.185. The van der Waals surface area contributed by atoms with E-state index < -0.39 is 0 Å². The van der Waals surface area contributed by atoms with Crippen molar-refractivity contribution < 1.29 is 23.8 Å². The Bertz CT molecular complexity index is 1360. The molecule has 0 radical (unpaired) electrons. The van der Waals surface area contributed by atoms with Crippen molar-refractivity contribution in [2.75, 3.05) is 37.8 Å². The predicted molar refractivity (Wildman–Crippen MR) is 181 cm³/mol. The molecule has 10 heteroatoms. The Morgan fingerprint density at radius 1 is 0.543 bits per heavy atom. The molecule has 0 aliphatic heterocycles. The predicted octanol–water partition coefficient (Wildman–Crippen LogP) is 9.97. The number of benzene rings is 3. The summed E-state index contributed by atoms with van der Waals surface area (Å²) in [5.41, 5.74) is 3.96. The van der Waals surface area contributed by atoms with Crippen LogP contribution in [0, 0.1) is 0 Å². The second-order valence-corrected chi connectivity index (χ2v) is 10.6. The van der Waals surface area contributed by atoms with Gasteiger partial charge in [-0.2, -0.15) is 20.5 Å². The Labute approximate surface area is 272 Å². The van der Waals surface area contributed by atoms with Crippen LogP contribution in [-0.4, -0.2) is 44.8 Å². The third-order valence-corrected chi connectivity index (χ3v) is 7.12. The number of ether oxygens (including phenoxy) is 3. The molecule has 0 N–H and O–H groups in total. The van der Waals surface area contributed by atoms with Gasteiger partial charge >= 0.3 is 11.9 Å². The van der Waals surface area contributed by atoms with E-state index >= 15 is 0 Å². The largest absolute Gasteiger partial charge is 0.494 e. The quantitative estimate of drug-likeness (QED) is 0.0658. The van der Waals surface area contributed by atoms with Gasteiger partial charge < -0.3 is 19.1 Å². The van der Waals surface area contributed by atoms with Gasteiger partial charge in [0.1, 0.15) is 12.4 Å². The number of carbonyl (C=O) groups excluding carboxylic acids is 2. The summed E-state index contributed by atoms with van der Waals surface area (Å²) < 4.78 is 16.2. The molecular weight excluding hydrogens is 582 g/mol. The Morgan fingerprint density at radius 2 is 0.957 bits per heavy atom. The average Bonchev–Trinajstić information content (AvgIpc) is 3.10. The molecule has 0 fully saturated rings. The lowest BCUT2D eigenvalue weighted by atomic mass is 10.1. The fourth-order valence-electron chi connectivity index (χ4n) is 4.39. The highest BCUT2D eigenvalue weighted by molar-refractivity contribution is 5.69. The first kappa shape index (κ1) is 35.9. The van der Waals surface area contributed by atoms with Crippen molar-refractivity contribution in [1.82, 2.24) is 0 Å². The van der Waals surface area contributed by atoms with Crippen LogP contribution in [0.15, 0.2) is 93.3 Å². The first-order chi connectivity index (χ1) is 22.5. The third-order valence-electron chi connectivity index (χ3n) is 7.12. The summed E-state index contributed by atoms with van der Waals surface area (Å²) in [5, 5.41) is 17.3. The fraction of sp³-hybridized carbons (Fsp3) is 0.444. The van der Waals surface area contributed by atoms with Gasteiger partial charge in [0.25, 0.3) is 0 Å². The number of carbonyl (C=O) groups is 2. The number of hydrogen-bond acceptors (Lipinski definition) is 10. The van der Waals surface area contributed by atoms with Gasteiger partial charge in [-0.25, -0.2) is 0 Å². The molecule has 3 rings (SSSR count). The third kappa shape index (κ3) is 14.0. The maximum absolute atomic E-state index is 11.4. The summed E-state index contributed by atoms with van der Waals surface area (Å²) in [6.45, 7) is 8.68. The normalized spacial score (nSPS) is 11.2. The Balaban J connectivity index is 1.35. The highest BCUT2D eigenvalue weighted by Gasteiger charge is 2.06. The molecule has 0 saturated carbocycles. The van der Waals surface area contributed by atoms with Crippen LogP contribution >= 0.6 is 0 Å². The Morgan fingerprint density at radius 3 is 1.43 bits per heavy atom. The zero-order valence-electron chi connectivity index (χ0n) is 27.4. The van der Waals surface area contributed by atoms with E-state index in [1.54, 1.807) is 6.92 Å². The minimum Gasteiger partial charge on any atom is -0.494 e. The van der Waals surface area contributed by atoms with E-state index in [-0.39, 0.29) is 11.9 Å². The van der Waals surface area contributed by atoms with Gasteiger partial charge in [0.2, 0.25) is 0 Å². The number of hydrogen-bond donors (Lipinski definition) is 0. The molecule has 3 aromatic rings. The number of unbranched alkanes of at least 4 members (excludes halogenated alkanes) is 5. The smallest absolute Gasteiger partial charge is 0.305 e. The van der Waals surface area contributed by atoms with Crippen LogP contribution in [0.2, 0.25) is 0 Å². The van der Waals surface area contributed by atoms with E-state index in [9.17, 15) is 9.59 Å². The van der Waals surface area contributed by atoms with E-state index in [0.29, 0.717) is 44.9 Å². The average molecular weight is 630 g/mol. The van der Waals surface area contributed by atoms with E-state index in [4.69, 9.17) is 14.2 Å². The molecule has 0 amide bonds. The summed E-state index contributed by atoms with van der Waals surface area (Å²) in [5.74, 6) is 0.512. The molecule has 0 heterocycles. The van der Waals surface area contributed by atoms with Crippen LogP contribution in [0.1, 0.15) is 72.1 Å². The van der Waals surface area contributed by atoms with Crippen molar-refractivity contribution in [1.29, 1.82) is 0 Å². The standard InChI is InChI=1S/C36H47N5O5/c1-4-35(42)45-27-12-10-8-7-9-11-26-44-34-23-19-32(20-24-34)40-38-30-15-13-29(14-16-30)37-39-31-17-21-33(22-18-31)41(6-3)25-28-46-36(43)5-2/h13-24H,4-12,25-28H2,1-3H3. The lowest BCUT2D eigenvalue weighted by Gasteiger charge is -2.22. The van der Waals surface area contributed by atoms with Crippen molar-refractivity contribution in [2.24, 2.45) is 20.5 Å². The maximum Gasteiger partial charge on any atom is 0.305 e. The molecule has 0 bridgehead atoms. The molecule has 10 nitrogen and oxygen atoms in total.